The smallest absolute Gasteiger partial charge is 0.227 e. The Morgan fingerprint density at radius 2 is 2.09 bits per heavy atom. The van der Waals surface area contributed by atoms with E-state index in [4.69, 9.17) is 5.73 Å². The zero-order valence-corrected chi connectivity index (χ0v) is 14.4. The number of anilines is 1. The largest absolute Gasteiger partial charge is 0.352 e. The SMILES string of the molecule is CSc1ccc(N2CC(C(=O)N[C@@H](C)CN)CC2=O)cc1.Cl. The molecule has 22 heavy (non-hydrogen) atoms. The van der Waals surface area contributed by atoms with E-state index < -0.39 is 0 Å². The van der Waals surface area contributed by atoms with Gasteiger partial charge in [0.05, 0.1) is 5.92 Å². The maximum absolute atomic E-state index is 12.1. The van der Waals surface area contributed by atoms with Crippen LogP contribution in [0.2, 0.25) is 0 Å². The fourth-order valence-electron chi connectivity index (χ4n) is 2.31. The molecule has 122 valence electrons. The Morgan fingerprint density at radius 3 is 2.64 bits per heavy atom. The minimum Gasteiger partial charge on any atom is -0.352 e. The molecule has 5 nitrogen and oxygen atoms in total. The Morgan fingerprint density at radius 1 is 1.45 bits per heavy atom. The van der Waals surface area contributed by atoms with Gasteiger partial charge >= 0.3 is 0 Å². The van der Waals surface area contributed by atoms with E-state index in [0.717, 1.165) is 10.6 Å². The number of nitrogens with one attached hydrogen (secondary N) is 1. The molecule has 2 atom stereocenters. The molecule has 0 bridgehead atoms. The third-order valence-corrected chi connectivity index (χ3v) is 4.37. The van der Waals surface area contributed by atoms with Crippen molar-refractivity contribution < 1.29 is 9.59 Å². The second-order valence-corrected chi connectivity index (χ2v) is 6.13. The topological polar surface area (TPSA) is 75.4 Å². The first kappa shape index (κ1) is 18.8. The summed E-state index contributed by atoms with van der Waals surface area (Å²) in [5.74, 6) is -0.399. The highest BCUT2D eigenvalue weighted by atomic mass is 35.5. The lowest BCUT2D eigenvalue weighted by Crippen LogP contribution is -2.41. The molecular formula is C15H22ClN3O2S. The fourth-order valence-corrected chi connectivity index (χ4v) is 2.72. The summed E-state index contributed by atoms with van der Waals surface area (Å²) in [4.78, 5) is 27.0. The average Bonchev–Trinajstić information content (AvgIpc) is 2.89. The molecule has 3 N–H and O–H groups in total. The van der Waals surface area contributed by atoms with E-state index in [-0.39, 0.29) is 42.6 Å². The first-order chi connectivity index (χ1) is 10.0. The number of carbonyl (C=O) groups excluding carboxylic acids is 2. The van der Waals surface area contributed by atoms with Gasteiger partial charge in [-0.2, -0.15) is 0 Å². The molecule has 2 amide bonds. The molecule has 1 fully saturated rings. The Kier molecular flexibility index (Phi) is 7.19. The van der Waals surface area contributed by atoms with Gasteiger partial charge < -0.3 is 16.0 Å². The molecule has 1 heterocycles. The van der Waals surface area contributed by atoms with Crippen LogP contribution in [0.15, 0.2) is 29.2 Å². The monoisotopic (exact) mass is 343 g/mol. The Hall–Kier alpha value is -1.24. The number of halogens is 1. The van der Waals surface area contributed by atoms with E-state index >= 15 is 0 Å². The third kappa shape index (κ3) is 4.38. The number of thioether (sulfide) groups is 1. The fraction of sp³-hybridized carbons (Fsp3) is 0.467. The summed E-state index contributed by atoms with van der Waals surface area (Å²) in [6.45, 7) is 2.68. The average molecular weight is 344 g/mol. The van der Waals surface area contributed by atoms with Crippen LogP contribution < -0.4 is 16.0 Å². The van der Waals surface area contributed by atoms with Gasteiger partial charge in [-0.1, -0.05) is 0 Å². The van der Waals surface area contributed by atoms with Gasteiger partial charge in [0.1, 0.15) is 0 Å². The van der Waals surface area contributed by atoms with Crippen molar-refractivity contribution in [3.05, 3.63) is 24.3 Å². The minimum atomic E-state index is -0.299. The van der Waals surface area contributed by atoms with Crippen molar-refractivity contribution in [1.82, 2.24) is 5.32 Å². The van der Waals surface area contributed by atoms with Crippen LogP contribution in [0.3, 0.4) is 0 Å². The summed E-state index contributed by atoms with van der Waals surface area (Å²) in [5, 5.41) is 2.84. The minimum absolute atomic E-state index is 0. The number of benzene rings is 1. The maximum Gasteiger partial charge on any atom is 0.227 e. The Bertz CT molecular complexity index is 524. The molecule has 0 aliphatic carbocycles. The molecular weight excluding hydrogens is 322 g/mol. The molecule has 1 aromatic rings. The molecule has 0 aromatic heterocycles. The zero-order valence-electron chi connectivity index (χ0n) is 12.7. The summed E-state index contributed by atoms with van der Waals surface area (Å²) in [6.07, 6.45) is 2.27. The lowest BCUT2D eigenvalue weighted by Gasteiger charge is -2.18. The van der Waals surface area contributed by atoms with Gasteiger partial charge in [-0.05, 0) is 37.4 Å². The van der Waals surface area contributed by atoms with Crippen LogP contribution in [0.5, 0.6) is 0 Å². The van der Waals surface area contributed by atoms with Gasteiger partial charge in [-0.15, -0.1) is 24.2 Å². The van der Waals surface area contributed by atoms with Crippen LogP contribution in [-0.2, 0) is 9.59 Å². The van der Waals surface area contributed by atoms with Crippen LogP contribution in [0, 0.1) is 5.92 Å². The number of nitrogens with two attached hydrogens (primary N) is 1. The maximum atomic E-state index is 12.1. The van der Waals surface area contributed by atoms with Gasteiger partial charge in [0.2, 0.25) is 11.8 Å². The molecule has 1 saturated heterocycles. The normalized spacial score (nSPS) is 18.8. The van der Waals surface area contributed by atoms with Crippen molar-refractivity contribution in [2.75, 3.05) is 24.2 Å². The summed E-state index contributed by atoms with van der Waals surface area (Å²) < 4.78 is 0. The molecule has 1 aliphatic heterocycles. The van der Waals surface area contributed by atoms with Gasteiger partial charge in [0.25, 0.3) is 0 Å². The lowest BCUT2D eigenvalue weighted by atomic mass is 10.1. The number of carbonyl (C=O) groups is 2. The second-order valence-electron chi connectivity index (χ2n) is 5.25. The van der Waals surface area contributed by atoms with E-state index in [2.05, 4.69) is 5.32 Å². The third-order valence-electron chi connectivity index (χ3n) is 3.62. The number of amides is 2. The van der Waals surface area contributed by atoms with Crippen molar-refractivity contribution in [2.45, 2.75) is 24.3 Å². The van der Waals surface area contributed by atoms with Crippen LogP contribution in [0.1, 0.15) is 13.3 Å². The van der Waals surface area contributed by atoms with E-state index in [1.54, 1.807) is 16.7 Å². The first-order valence-electron chi connectivity index (χ1n) is 7.00. The number of rotatable bonds is 5. The summed E-state index contributed by atoms with van der Waals surface area (Å²) in [7, 11) is 0. The molecule has 0 spiro atoms. The van der Waals surface area contributed by atoms with E-state index in [0.29, 0.717) is 13.1 Å². The summed E-state index contributed by atoms with van der Waals surface area (Å²) >= 11 is 1.66. The zero-order chi connectivity index (χ0) is 15.4. The predicted octanol–water partition coefficient (Wildman–Crippen LogP) is 1.65. The van der Waals surface area contributed by atoms with Gasteiger partial charge in [0, 0.05) is 36.1 Å². The van der Waals surface area contributed by atoms with Gasteiger partial charge in [0.15, 0.2) is 0 Å². The summed E-state index contributed by atoms with van der Waals surface area (Å²) in [6, 6.07) is 7.75. The van der Waals surface area contributed by atoms with Crippen molar-refractivity contribution in [2.24, 2.45) is 11.7 Å². The van der Waals surface area contributed by atoms with Crippen LogP contribution >= 0.6 is 24.2 Å². The molecule has 0 radical (unpaired) electrons. The number of hydrogen-bond acceptors (Lipinski definition) is 4. The van der Waals surface area contributed by atoms with Crippen molar-refractivity contribution in [3.63, 3.8) is 0 Å². The molecule has 1 aromatic carbocycles. The van der Waals surface area contributed by atoms with Crippen LogP contribution in [0.4, 0.5) is 5.69 Å². The highest BCUT2D eigenvalue weighted by Crippen LogP contribution is 2.27. The predicted molar refractivity (Wildman–Crippen MR) is 92.6 cm³/mol. The first-order valence-corrected chi connectivity index (χ1v) is 8.22. The molecule has 1 unspecified atom stereocenters. The van der Waals surface area contributed by atoms with Gasteiger partial charge in [-0.25, -0.2) is 0 Å². The number of hydrogen-bond donors (Lipinski definition) is 2. The highest BCUT2D eigenvalue weighted by molar-refractivity contribution is 7.98. The Balaban J connectivity index is 0.00000242. The number of nitrogens with zero attached hydrogens (tertiary/aromatic N) is 1. The van der Waals surface area contributed by atoms with Crippen molar-refractivity contribution in [3.8, 4) is 0 Å². The van der Waals surface area contributed by atoms with Crippen LogP contribution in [-0.4, -0.2) is 37.2 Å². The molecule has 7 heteroatoms. The standard InChI is InChI=1S/C15H21N3O2S.ClH/c1-10(8-16)17-15(20)11-7-14(19)18(9-11)12-3-5-13(21-2)6-4-12;/h3-6,10-11H,7-9,16H2,1-2H3,(H,17,20);1H/t10-,11?;/m0./s1. The van der Waals surface area contributed by atoms with E-state index in [1.165, 1.54) is 0 Å². The quantitative estimate of drug-likeness (QED) is 0.797. The van der Waals surface area contributed by atoms with Crippen molar-refractivity contribution in [1.29, 1.82) is 0 Å². The Labute approximate surface area is 141 Å². The molecule has 0 saturated carbocycles. The van der Waals surface area contributed by atoms with Crippen LogP contribution in [0.25, 0.3) is 0 Å². The lowest BCUT2D eigenvalue weighted by molar-refractivity contribution is -0.126. The summed E-state index contributed by atoms with van der Waals surface area (Å²) in [5.41, 5.74) is 6.35. The molecule has 1 aliphatic rings. The van der Waals surface area contributed by atoms with E-state index in [9.17, 15) is 9.59 Å². The van der Waals surface area contributed by atoms with E-state index in [1.807, 2.05) is 37.4 Å². The highest BCUT2D eigenvalue weighted by Gasteiger charge is 2.35. The second kappa shape index (κ2) is 8.41. The van der Waals surface area contributed by atoms with Gasteiger partial charge in [-0.3, -0.25) is 9.59 Å². The molecule has 2 rings (SSSR count). The van der Waals surface area contributed by atoms with Crippen molar-refractivity contribution >= 4 is 41.7 Å².